The van der Waals surface area contributed by atoms with Gasteiger partial charge in [-0.15, -0.1) is 0 Å². The SMILES string of the molecule is O=C(O)CN1CCN(CC(=O)O)CCN(CC(O)CN(CC(O)CN2CCN(CC(=O)O)CCN(CC(=O)O)CCN(CC(=O)O)CC2)C(=O)CS(=O)(=O)O)CCN(CC(=O)O)CC1. The van der Waals surface area contributed by atoms with Crippen LogP contribution in [0.2, 0.25) is 0 Å². The number of nitrogens with zero attached hydrogens (tertiary/aromatic N) is 9. The van der Waals surface area contributed by atoms with E-state index in [0.717, 1.165) is 4.90 Å². The molecule has 0 aliphatic carbocycles. The standard InChI is InChI=1S/C36H65N9O18S/c46-28(17-37-1-5-39(21-31(49)50)9-13-43(25-35(57)58)14-10-40(6-2-37)22-32(51)52)19-45(30(48)27-64(61,62)63)20-29(47)18-38-3-7-41(23-33(53)54)11-15-44(26-36(59)60)16-12-42(8-4-38)24-34(55)56/h28-29,46-47H,1-27H2,(H,49,50)(H,51,52)(H,53,54)(H,55,56)(H,57,58)(H,59,60)(H,61,62,63). The van der Waals surface area contributed by atoms with Crippen molar-refractivity contribution in [1.82, 2.24) is 44.1 Å². The predicted molar refractivity (Wildman–Crippen MR) is 222 cm³/mol. The van der Waals surface area contributed by atoms with Crippen LogP contribution < -0.4 is 0 Å². The van der Waals surface area contributed by atoms with E-state index in [-0.39, 0.29) is 131 Å². The number of aliphatic hydroxyl groups excluding tert-OH is 2. The summed E-state index contributed by atoms with van der Waals surface area (Å²) in [5.74, 6) is -9.36. The van der Waals surface area contributed by atoms with E-state index in [1.807, 2.05) is 0 Å². The van der Waals surface area contributed by atoms with Crippen molar-refractivity contribution in [3.8, 4) is 0 Å². The van der Waals surface area contributed by atoms with E-state index in [4.69, 9.17) is 0 Å². The van der Waals surface area contributed by atoms with Crippen molar-refractivity contribution in [3.05, 3.63) is 0 Å². The first-order valence-corrected chi connectivity index (χ1v) is 22.3. The summed E-state index contributed by atoms with van der Waals surface area (Å²) in [6.07, 6.45) is -2.87. The van der Waals surface area contributed by atoms with Crippen LogP contribution in [-0.4, -0.2) is 328 Å². The predicted octanol–water partition coefficient (Wildman–Crippen LogP) is -6.62. The van der Waals surface area contributed by atoms with Crippen LogP contribution in [0, 0.1) is 0 Å². The minimum atomic E-state index is -4.89. The first-order valence-electron chi connectivity index (χ1n) is 20.6. The van der Waals surface area contributed by atoms with E-state index in [2.05, 4.69) is 0 Å². The molecule has 2 rings (SSSR count). The van der Waals surface area contributed by atoms with Gasteiger partial charge in [-0.3, -0.25) is 77.3 Å². The Morgan fingerprint density at radius 3 is 0.750 bits per heavy atom. The van der Waals surface area contributed by atoms with Gasteiger partial charge in [0, 0.05) is 131 Å². The van der Waals surface area contributed by atoms with E-state index in [1.165, 1.54) is 0 Å². The molecule has 9 N–H and O–H groups in total. The van der Waals surface area contributed by atoms with Crippen LogP contribution >= 0.6 is 0 Å². The van der Waals surface area contributed by atoms with Crippen LogP contribution in [0.15, 0.2) is 0 Å². The molecule has 27 nitrogen and oxygen atoms in total. The summed E-state index contributed by atoms with van der Waals surface area (Å²) in [5, 5.41) is 79.7. The molecule has 0 radical (unpaired) electrons. The molecule has 2 aliphatic rings. The summed E-state index contributed by atoms with van der Waals surface area (Å²) < 4.78 is 33.1. The molecule has 1 amide bonds. The summed E-state index contributed by atoms with van der Waals surface area (Å²) in [6.45, 7) is -1.66. The highest BCUT2D eigenvalue weighted by molar-refractivity contribution is 7.86. The van der Waals surface area contributed by atoms with E-state index in [1.54, 1.807) is 39.2 Å². The number of β-amino-alcohol motifs (C(OH)–C–C–N with tert-alkyl or cyclic N) is 2. The van der Waals surface area contributed by atoms with Gasteiger partial charge in [-0.2, -0.15) is 8.42 Å². The highest BCUT2D eigenvalue weighted by Gasteiger charge is 2.28. The molecular weight excluding hydrogens is 879 g/mol. The molecular formula is C36H65N9O18S. The van der Waals surface area contributed by atoms with Crippen molar-refractivity contribution in [2.75, 3.05) is 176 Å². The van der Waals surface area contributed by atoms with Crippen molar-refractivity contribution < 1.29 is 87.4 Å². The second-order valence-electron chi connectivity index (χ2n) is 16.0. The third-order valence-corrected chi connectivity index (χ3v) is 11.1. The summed E-state index contributed by atoms with van der Waals surface area (Å²) in [6, 6.07) is 0. The van der Waals surface area contributed by atoms with Crippen molar-refractivity contribution in [3.63, 3.8) is 0 Å². The molecule has 2 aliphatic heterocycles. The molecule has 0 saturated carbocycles. The zero-order valence-corrected chi connectivity index (χ0v) is 36.7. The number of carboxylic acids is 6. The summed E-state index contributed by atoms with van der Waals surface area (Å²) in [4.78, 5) is 96.7. The monoisotopic (exact) mass is 943 g/mol. The van der Waals surface area contributed by atoms with Gasteiger partial charge in [0.2, 0.25) is 5.91 Å². The largest absolute Gasteiger partial charge is 0.480 e. The number of hydrogen-bond donors (Lipinski definition) is 9. The molecule has 2 atom stereocenters. The Morgan fingerprint density at radius 1 is 0.391 bits per heavy atom. The molecule has 28 heteroatoms. The summed E-state index contributed by atoms with van der Waals surface area (Å²) in [5.41, 5.74) is 0. The normalized spacial score (nSPS) is 20.1. The third kappa shape index (κ3) is 25.9. The van der Waals surface area contributed by atoms with Gasteiger partial charge < -0.3 is 45.8 Å². The van der Waals surface area contributed by atoms with Crippen LogP contribution in [0.4, 0.5) is 0 Å². The first-order chi connectivity index (χ1) is 30.0. The van der Waals surface area contributed by atoms with Crippen LogP contribution in [0.5, 0.6) is 0 Å². The molecule has 0 aromatic heterocycles. The Bertz CT molecular complexity index is 1490. The number of aliphatic carboxylic acids is 6. The Kier molecular flexibility index (Phi) is 25.0. The smallest absolute Gasteiger partial charge is 0.317 e. The van der Waals surface area contributed by atoms with Crippen LogP contribution in [0.3, 0.4) is 0 Å². The van der Waals surface area contributed by atoms with Gasteiger partial charge in [-0.05, 0) is 0 Å². The second-order valence-corrected chi connectivity index (χ2v) is 17.4. The molecule has 0 aromatic carbocycles. The quantitative estimate of drug-likeness (QED) is 0.0456. The highest BCUT2D eigenvalue weighted by Crippen LogP contribution is 2.08. The fourth-order valence-electron chi connectivity index (χ4n) is 7.36. The van der Waals surface area contributed by atoms with Crippen LogP contribution in [0.25, 0.3) is 0 Å². The number of carboxylic acid groups (broad SMARTS) is 6. The van der Waals surface area contributed by atoms with Crippen molar-refractivity contribution in [1.29, 1.82) is 0 Å². The minimum Gasteiger partial charge on any atom is -0.480 e. The Labute approximate surface area is 370 Å². The molecule has 0 aromatic rings. The lowest BCUT2D eigenvalue weighted by Crippen LogP contribution is -2.52. The van der Waals surface area contributed by atoms with E-state index in [0.29, 0.717) is 0 Å². The van der Waals surface area contributed by atoms with Gasteiger partial charge in [-0.1, -0.05) is 0 Å². The van der Waals surface area contributed by atoms with E-state index in [9.17, 15) is 87.4 Å². The molecule has 64 heavy (non-hydrogen) atoms. The van der Waals surface area contributed by atoms with Gasteiger partial charge in [-0.25, -0.2) is 0 Å². The molecule has 2 fully saturated rings. The number of carbonyl (C=O) groups is 7. The summed E-state index contributed by atoms with van der Waals surface area (Å²) >= 11 is 0. The van der Waals surface area contributed by atoms with E-state index < -0.39 is 109 Å². The number of rotatable bonds is 22. The average molecular weight is 944 g/mol. The lowest BCUT2D eigenvalue weighted by atomic mass is 10.2. The molecule has 2 heterocycles. The van der Waals surface area contributed by atoms with Gasteiger partial charge in [0.25, 0.3) is 10.1 Å². The topological polar surface area (TPSA) is 365 Å². The second kappa shape index (κ2) is 28.7. The average Bonchev–Trinajstić information content (AvgIpc) is 3.14. The first kappa shape index (κ1) is 55.9. The maximum absolute atomic E-state index is 13.3. The lowest BCUT2D eigenvalue weighted by molar-refractivity contribution is -0.140. The maximum atomic E-state index is 13.3. The lowest BCUT2D eigenvalue weighted by Gasteiger charge is -2.35. The van der Waals surface area contributed by atoms with Crippen LogP contribution in [-0.2, 0) is 43.7 Å². The Morgan fingerprint density at radius 2 is 0.578 bits per heavy atom. The molecule has 0 bridgehead atoms. The van der Waals surface area contributed by atoms with Crippen molar-refractivity contribution >= 4 is 51.8 Å². The van der Waals surface area contributed by atoms with Gasteiger partial charge in [0.05, 0.1) is 51.5 Å². The number of hydrogen-bond acceptors (Lipinski definition) is 19. The fraction of sp³-hybridized carbons (Fsp3) is 0.806. The number of aliphatic hydroxyl groups is 2. The number of carbonyl (C=O) groups excluding carboxylic acids is 1. The zero-order chi connectivity index (χ0) is 48.0. The van der Waals surface area contributed by atoms with Gasteiger partial charge in [0.1, 0.15) is 0 Å². The summed E-state index contributed by atoms with van der Waals surface area (Å²) in [7, 11) is -4.89. The number of amides is 1. The van der Waals surface area contributed by atoms with Gasteiger partial charge >= 0.3 is 35.8 Å². The Hall–Kier alpha value is -4.20. The highest BCUT2D eigenvalue weighted by atomic mass is 32.2. The zero-order valence-electron chi connectivity index (χ0n) is 35.9. The van der Waals surface area contributed by atoms with Crippen LogP contribution in [0.1, 0.15) is 0 Å². The van der Waals surface area contributed by atoms with Crippen molar-refractivity contribution in [2.24, 2.45) is 0 Å². The van der Waals surface area contributed by atoms with E-state index >= 15 is 0 Å². The molecule has 2 saturated heterocycles. The Balaban J connectivity index is 2.31. The third-order valence-electron chi connectivity index (χ3n) is 10.5. The molecule has 0 spiro atoms. The molecule has 2 unspecified atom stereocenters. The van der Waals surface area contributed by atoms with Gasteiger partial charge in [0.15, 0.2) is 5.75 Å². The maximum Gasteiger partial charge on any atom is 0.317 e. The fourth-order valence-corrected chi connectivity index (χ4v) is 7.86. The molecule has 368 valence electrons. The minimum absolute atomic E-state index is 0.118. The van der Waals surface area contributed by atoms with Crippen molar-refractivity contribution in [2.45, 2.75) is 12.2 Å².